The van der Waals surface area contributed by atoms with Crippen molar-refractivity contribution in [1.82, 2.24) is 14.6 Å². The van der Waals surface area contributed by atoms with Crippen molar-refractivity contribution in [2.45, 2.75) is 20.4 Å². The summed E-state index contributed by atoms with van der Waals surface area (Å²) in [6, 6.07) is 22.8. The number of nitrogens with one attached hydrogen (secondary N) is 1. The second-order valence-electron chi connectivity index (χ2n) is 8.38. The van der Waals surface area contributed by atoms with E-state index in [1.807, 2.05) is 65.4 Å². The number of benzene rings is 3. The lowest BCUT2D eigenvalue weighted by molar-refractivity contribution is -0.121. The van der Waals surface area contributed by atoms with Crippen LogP contribution in [0.25, 0.3) is 27.5 Å². The van der Waals surface area contributed by atoms with Crippen molar-refractivity contribution in [3.8, 4) is 5.69 Å². The standard InChI is InChI=1S/C28H23FN4O2/c1-18-15-20(19(2)33(18)22-13-11-21(29)12-14-22)16-30-31-27(34)17-32-25-9-5-3-7-23(25)28(35)24-8-4-6-10-26(24)32/h3-16H,17H2,1-2H3,(H,31,34). The molecule has 1 N–H and O–H groups in total. The van der Waals surface area contributed by atoms with Crippen LogP contribution in [0.5, 0.6) is 0 Å². The predicted molar refractivity (Wildman–Crippen MR) is 137 cm³/mol. The minimum atomic E-state index is -0.312. The molecule has 5 aromatic rings. The van der Waals surface area contributed by atoms with Crippen LogP contribution in [0, 0.1) is 19.7 Å². The van der Waals surface area contributed by atoms with E-state index in [9.17, 15) is 14.0 Å². The lowest BCUT2D eigenvalue weighted by Gasteiger charge is -2.14. The Balaban J connectivity index is 1.40. The molecule has 0 fully saturated rings. The van der Waals surface area contributed by atoms with Gasteiger partial charge in [-0.3, -0.25) is 9.59 Å². The van der Waals surface area contributed by atoms with Gasteiger partial charge in [0.15, 0.2) is 5.43 Å². The van der Waals surface area contributed by atoms with Crippen molar-refractivity contribution in [1.29, 1.82) is 0 Å². The first-order valence-electron chi connectivity index (χ1n) is 11.2. The number of fused-ring (bicyclic) bond motifs is 2. The minimum absolute atomic E-state index is 0.00719. The minimum Gasteiger partial charge on any atom is -0.331 e. The third-order valence-electron chi connectivity index (χ3n) is 6.13. The fraction of sp³-hybridized carbons (Fsp3) is 0.107. The maximum absolute atomic E-state index is 13.3. The highest BCUT2D eigenvalue weighted by atomic mass is 19.1. The van der Waals surface area contributed by atoms with E-state index in [0.717, 1.165) is 22.6 Å². The molecular formula is C28H23FN4O2. The molecule has 0 aliphatic carbocycles. The first-order valence-corrected chi connectivity index (χ1v) is 11.2. The Labute approximate surface area is 200 Å². The summed E-state index contributed by atoms with van der Waals surface area (Å²) >= 11 is 0. The topological polar surface area (TPSA) is 68.4 Å². The molecule has 7 heteroatoms. The monoisotopic (exact) mass is 466 g/mol. The molecule has 35 heavy (non-hydrogen) atoms. The third kappa shape index (κ3) is 4.12. The van der Waals surface area contributed by atoms with E-state index in [2.05, 4.69) is 10.5 Å². The molecule has 2 aromatic heterocycles. The van der Waals surface area contributed by atoms with E-state index in [1.165, 1.54) is 12.1 Å². The van der Waals surface area contributed by atoms with Crippen molar-refractivity contribution < 1.29 is 9.18 Å². The van der Waals surface area contributed by atoms with Gasteiger partial charge >= 0.3 is 0 Å². The summed E-state index contributed by atoms with van der Waals surface area (Å²) in [5.41, 5.74) is 7.51. The molecular weight excluding hydrogens is 443 g/mol. The molecule has 0 saturated carbocycles. The van der Waals surface area contributed by atoms with Crippen LogP contribution in [-0.4, -0.2) is 21.3 Å². The molecule has 0 atom stereocenters. The van der Waals surface area contributed by atoms with E-state index in [-0.39, 0.29) is 23.7 Å². The number of hydrogen-bond acceptors (Lipinski definition) is 3. The number of hydrazone groups is 1. The summed E-state index contributed by atoms with van der Waals surface area (Å²) in [5.74, 6) is -0.600. The second-order valence-corrected chi connectivity index (χ2v) is 8.38. The summed E-state index contributed by atoms with van der Waals surface area (Å²) in [6.07, 6.45) is 1.60. The SMILES string of the molecule is Cc1cc(C=NNC(=O)Cn2c3ccccc3c(=O)c3ccccc32)c(C)n1-c1ccc(F)cc1. The number of aryl methyl sites for hydroxylation is 1. The van der Waals surface area contributed by atoms with Crippen LogP contribution in [0.1, 0.15) is 17.0 Å². The maximum Gasteiger partial charge on any atom is 0.260 e. The average molecular weight is 467 g/mol. The molecule has 0 bridgehead atoms. The number of rotatable bonds is 5. The van der Waals surface area contributed by atoms with Crippen LogP contribution < -0.4 is 10.9 Å². The van der Waals surface area contributed by atoms with Crippen LogP contribution in [-0.2, 0) is 11.3 Å². The smallest absolute Gasteiger partial charge is 0.260 e. The van der Waals surface area contributed by atoms with E-state index >= 15 is 0 Å². The number of para-hydroxylation sites is 2. The molecule has 2 heterocycles. The predicted octanol–water partition coefficient (Wildman–Crippen LogP) is 4.85. The maximum atomic E-state index is 13.3. The van der Waals surface area contributed by atoms with Gasteiger partial charge in [-0.1, -0.05) is 24.3 Å². The van der Waals surface area contributed by atoms with Crippen LogP contribution in [0.15, 0.2) is 88.8 Å². The van der Waals surface area contributed by atoms with Crippen molar-refractivity contribution in [2.24, 2.45) is 5.10 Å². The van der Waals surface area contributed by atoms with Crippen molar-refractivity contribution in [3.05, 3.63) is 112 Å². The van der Waals surface area contributed by atoms with E-state index in [4.69, 9.17) is 0 Å². The van der Waals surface area contributed by atoms with Gasteiger partial charge in [0.1, 0.15) is 12.4 Å². The van der Waals surface area contributed by atoms with Gasteiger partial charge in [0.2, 0.25) is 0 Å². The molecule has 174 valence electrons. The third-order valence-corrected chi connectivity index (χ3v) is 6.13. The Morgan fingerprint density at radius 2 is 1.54 bits per heavy atom. The number of hydrogen-bond donors (Lipinski definition) is 1. The Kier molecular flexibility index (Phi) is 5.74. The van der Waals surface area contributed by atoms with E-state index in [1.54, 1.807) is 30.5 Å². The largest absolute Gasteiger partial charge is 0.331 e. The van der Waals surface area contributed by atoms with Gasteiger partial charge in [-0.25, -0.2) is 9.82 Å². The Hall–Kier alpha value is -4.52. The van der Waals surface area contributed by atoms with Gasteiger partial charge in [0.25, 0.3) is 5.91 Å². The highest BCUT2D eigenvalue weighted by molar-refractivity contribution is 5.95. The lowest BCUT2D eigenvalue weighted by Crippen LogP contribution is -2.25. The number of halogens is 1. The number of carbonyl (C=O) groups is 1. The van der Waals surface area contributed by atoms with E-state index in [0.29, 0.717) is 21.8 Å². The molecule has 5 rings (SSSR count). The summed E-state index contributed by atoms with van der Waals surface area (Å²) < 4.78 is 17.1. The van der Waals surface area contributed by atoms with Gasteiger partial charge in [-0.15, -0.1) is 0 Å². The lowest BCUT2D eigenvalue weighted by atomic mass is 10.1. The Morgan fingerprint density at radius 3 is 2.17 bits per heavy atom. The molecule has 0 aliphatic rings. The molecule has 0 aliphatic heterocycles. The van der Waals surface area contributed by atoms with Crippen LogP contribution >= 0.6 is 0 Å². The second kappa shape index (κ2) is 9.02. The van der Waals surface area contributed by atoms with Gasteiger partial charge in [0, 0.05) is 33.4 Å². The normalized spacial score (nSPS) is 11.5. The summed E-state index contributed by atoms with van der Waals surface area (Å²) in [6.45, 7) is 3.91. The number of pyridine rings is 1. The van der Waals surface area contributed by atoms with Gasteiger partial charge in [-0.2, -0.15) is 5.10 Å². The zero-order valence-electron chi connectivity index (χ0n) is 19.3. The molecule has 0 unspecified atom stereocenters. The average Bonchev–Trinajstić information content (AvgIpc) is 3.15. The number of aromatic nitrogens is 2. The summed E-state index contributed by atoms with van der Waals surface area (Å²) in [7, 11) is 0. The van der Waals surface area contributed by atoms with Gasteiger partial charge < -0.3 is 9.13 Å². The molecule has 3 aromatic carbocycles. The molecule has 0 spiro atoms. The summed E-state index contributed by atoms with van der Waals surface area (Å²) in [4.78, 5) is 25.7. The summed E-state index contributed by atoms with van der Waals surface area (Å²) in [5, 5.41) is 5.30. The molecule has 0 radical (unpaired) electrons. The van der Waals surface area contributed by atoms with Crippen molar-refractivity contribution >= 4 is 33.9 Å². The van der Waals surface area contributed by atoms with Gasteiger partial charge in [0.05, 0.1) is 17.2 Å². The molecule has 6 nitrogen and oxygen atoms in total. The Bertz CT molecular complexity index is 1600. The number of carbonyl (C=O) groups excluding carboxylic acids is 1. The zero-order chi connectivity index (χ0) is 24.5. The van der Waals surface area contributed by atoms with Gasteiger partial charge in [-0.05, 0) is 68.4 Å². The first-order chi connectivity index (χ1) is 16.9. The number of nitrogens with zero attached hydrogens (tertiary/aromatic N) is 3. The fourth-order valence-electron chi connectivity index (χ4n) is 4.51. The Morgan fingerprint density at radius 1 is 0.943 bits per heavy atom. The van der Waals surface area contributed by atoms with Crippen LogP contribution in [0.3, 0.4) is 0 Å². The quantitative estimate of drug-likeness (QED) is 0.229. The van der Waals surface area contributed by atoms with E-state index < -0.39 is 0 Å². The fourth-order valence-corrected chi connectivity index (χ4v) is 4.51. The van der Waals surface area contributed by atoms with Crippen LogP contribution in [0.2, 0.25) is 0 Å². The molecule has 1 amide bonds. The number of amides is 1. The highest BCUT2D eigenvalue weighted by Crippen LogP contribution is 2.21. The first kappa shape index (κ1) is 22.3. The highest BCUT2D eigenvalue weighted by Gasteiger charge is 2.13. The molecule has 0 saturated heterocycles. The zero-order valence-corrected chi connectivity index (χ0v) is 19.3. The van der Waals surface area contributed by atoms with Crippen molar-refractivity contribution in [2.75, 3.05) is 0 Å². The van der Waals surface area contributed by atoms with Crippen LogP contribution in [0.4, 0.5) is 4.39 Å². The van der Waals surface area contributed by atoms with Crippen molar-refractivity contribution in [3.63, 3.8) is 0 Å².